The van der Waals surface area contributed by atoms with Gasteiger partial charge in [-0.1, -0.05) is 20.8 Å². The molecule has 2 bridgehead atoms. The zero-order valence-corrected chi connectivity index (χ0v) is 13.9. The highest BCUT2D eigenvalue weighted by Crippen LogP contribution is 2.39. The zero-order valence-electron chi connectivity index (χ0n) is 17.9. The van der Waals surface area contributed by atoms with Crippen molar-refractivity contribution in [3.8, 4) is 0 Å². The van der Waals surface area contributed by atoms with Crippen LogP contribution in [0.3, 0.4) is 0 Å². The Hall–Kier alpha value is -0.120. The van der Waals surface area contributed by atoms with Gasteiger partial charge in [0.25, 0.3) is 0 Å². The molecule has 0 N–H and O–H groups in total. The van der Waals surface area contributed by atoms with Crippen molar-refractivity contribution < 1.29 is 5.48 Å². The Balaban J connectivity index is 1.67. The molecule has 3 heteroatoms. The Bertz CT molecular complexity index is 481. The molecular formula is C17H33N3. The highest BCUT2D eigenvalue weighted by molar-refractivity contribution is 5.05. The summed E-state index contributed by atoms with van der Waals surface area (Å²) < 4.78 is 33.7. The molecule has 20 heavy (non-hydrogen) atoms. The van der Waals surface area contributed by atoms with E-state index in [9.17, 15) is 0 Å². The Morgan fingerprint density at radius 1 is 0.950 bits per heavy atom. The molecule has 0 aliphatic carbocycles. The Morgan fingerprint density at radius 2 is 1.50 bits per heavy atom. The summed E-state index contributed by atoms with van der Waals surface area (Å²) in [7, 11) is 0. The number of hydrogen-bond acceptors (Lipinski definition) is 3. The lowest BCUT2D eigenvalue weighted by molar-refractivity contribution is -0.136. The predicted molar refractivity (Wildman–Crippen MR) is 84.7 cm³/mol. The predicted octanol–water partition coefficient (Wildman–Crippen LogP) is 2.48. The maximum absolute atomic E-state index is 8.43. The summed E-state index contributed by atoms with van der Waals surface area (Å²) >= 11 is 0. The summed E-state index contributed by atoms with van der Waals surface area (Å²) in [6.45, 7) is 11.6. The van der Waals surface area contributed by atoms with Crippen molar-refractivity contribution in [1.29, 1.82) is 0 Å². The van der Waals surface area contributed by atoms with E-state index in [-0.39, 0.29) is 5.54 Å². The number of fused-ring (bicyclic) bond motifs is 2. The molecule has 0 radical (unpaired) electrons. The number of nitrogens with zero attached hydrogens (tertiary/aromatic N) is 3. The van der Waals surface area contributed by atoms with Crippen LogP contribution in [0.4, 0.5) is 0 Å². The highest BCUT2D eigenvalue weighted by atomic mass is 15.4. The first-order valence-electron chi connectivity index (χ1n) is 9.95. The molecular weight excluding hydrogens is 246 g/mol. The van der Waals surface area contributed by atoms with Gasteiger partial charge < -0.3 is 0 Å². The molecule has 0 amide bonds. The van der Waals surface area contributed by atoms with Gasteiger partial charge in [0.05, 0.1) is 6.67 Å². The van der Waals surface area contributed by atoms with Gasteiger partial charge in [-0.05, 0) is 38.5 Å². The maximum atomic E-state index is 8.43. The number of likely N-dealkylation sites (tertiary alicyclic amines) is 1. The van der Waals surface area contributed by atoms with Crippen LogP contribution in [0, 0.1) is 11.3 Å². The van der Waals surface area contributed by atoms with Gasteiger partial charge in [0.2, 0.25) is 0 Å². The van der Waals surface area contributed by atoms with Gasteiger partial charge in [-0.3, -0.25) is 14.7 Å². The van der Waals surface area contributed by atoms with E-state index in [2.05, 4.69) is 30.6 Å². The van der Waals surface area contributed by atoms with Gasteiger partial charge in [-0.25, -0.2) is 0 Å². The second kappa shape index (κ2) is 4.69. The van der Waals surface area contributed by atoms with Crippen molar-refractivity contribution in [3.63, 3.8) is 0 Å². The van der Waals surface area contributed by atoms with E-state index in [4.69, 9.17) is 5.48 Å². The lowest BCUT2D eigenvalue weighted by Crippen LogP contribution is -2.74. The van der Waals surface area contributed by atoms with Crippen LogP contribution >= 0.6 is 0 Å². The van der Waals surface area contributed by atoms with E-state index in [0.717, 1.165) is 13.1 Å². The van der Waals surface area contributed by atoms with Gasteiger partial charge >= 0.3 is 0 Å². The second-order valence-corrected chi connectivity index (χ2v) is 8.78. The standard InChI is InChI=1S/C17H33N3/c1-16(2,3)13-8-18(9-13)12-19-10-14-7-15(11-19)20(14)17(4,5)6/h13-15H,7-12H2,1-6H3/i8D2,9D2. The Labute approximate surface area is 130 Å². The van der Waals surface area contributed by atoms with Gasteiger partial charge in [-0.15, -0.1) is 0 Å². The number of piperidine rings is 1. The molecule has 0 saturated carbocycles. The van der Waals surface area contributed by atoms with E-state index < -0.39 is 24.3 Å². The third-order valence-electron chi connectivity index (χ3n) is 4.82. The maximum Gasteiger partial charge on any atom is 0.0507 e. The summed E-state index contributed by atoms with van der Waals surface area (Å²) in [5.41, 5.74) is -0.215. The van der Waals surface area contributed by atoms with Crippen molar-refractivity contribution in [2.75, 3.05) is 32.8 Å². The van der Waals surface area contributed by atoms with Crippen LogP contribution in [0.1, 0.15) is 53.4 Å². The van der Waals surface area contributed by atoms with Crippen molar-refractivity contribution in [2.24, 2.45) is 11.3 Å². The molecule has 4 rings (SSSR count). The minimum Gasteiger partial charge on any atom is -0.290 e. The zero-order chi connectivity index (χ0) is 18.3. The molecule has 116 valence electrons. The number of hydrogen-bond donors (Lipinski definition) is 0. The highest BCUT2D eigenvalue weighted by Gasteiger charge is 2.49. The van der Waals surface area contributed by atoms with Crippen molar-refractivity contribution in [2.45, 2.75) is 65.6 Å². The largest absolute Gasteiger partial charge is 0.290 e. The molecule has 0 spiro atoms. The van der Waals surface area contributed by atoms with Crippen LogP contribution in [-0.4, -0.2) is 65.1 Å². The average Bonchev–Trinajstić information content (AvgIpc) is 2.30. The third kappa shape index (κ3) is 2.65. The van der Waals surface area contributed by atoms with Crippen LogP contribution < -0.4 is 0 Å². The molecule has 4 aliphatic rings. The van der Waals surface area contributed by atoms with Crippen molar-refractivity contribution >= 4 is 0 Å². The molecule has 0 aromatic rings. The van der Waals surface area contributed by atoms with Gasteiger partial charge in [0.1, 0.15) is 0 Å². The molecule has 0 aromatic carbocycles. The van der Waals surface area contributed by atoms with E-state index in [1.807, 2.05) is 20.8 Å². The lowest BCUT2D eigenvalue weighted by Gasteiger charge is -2.62. The molecule has 3 nitrogen and oxygen atoms in total. The van der Waals surface area contributed by atoms with E-state index in [0.29, 0.717) is 18.8 Å². The Morgan fingerprint density at radius 3 is 1.95 bits per heavy atom. The SMILES string of the molecule is [2H]C1([2H])C(C(C)(C)C)C([2H])([2H])N1CN1CC2CC(C1)N2C(C)(C)C. The quantitative estimate of drug-likeness (QED) is 0.771. The summed E-state index contributed by atoms with van der Waals surface area (Å²) in [5.74, 6) is -0.608. The second-order valence-electron chi connectivity index (χ2n) is 8.78. The molecule has 4 heterocycles. The van der Waals surface area contributed by atoms with E-state index in [1.54, 1.807) is 0 Å². The third-order valence-corrected chi connectivity index (χ3v) is 4.82. The summed E-state index contributed by atoms with van der Waals surface area (Å²) in [6.07, 6.45) is 1.22. The van der Waals surface area contributed by atoms with Crippen LogP contribution in [0.25, 0.3) is 0 Å². The number of piperazine rings is 1. The summed E-state index contributed by atoms with van der Waals surface area (Å²) in [6, 6.07) is 1.06. The fraction of sp³-hybridized carbons (Fsp3) is 1.00. The van der Waals surface area contributed by atoms with E-state index >= 15 is 0 Å². The molecule has 2 unspecified atom stereocenters. The first-order valence-corrected chi connectivity index (χ1v) is 7.95. The molecule has 2 atom stereocenters. The Kier molecular flexibility index (Phi) is 2.48. The van der Waals surface area contributed by atoms with Crippen LogP contribution in [0.15, 0.2) is 0 Å². The van der Waals surface area contributed by atoms with E-state index in [1.165, 1.54) is 11.3 Å². The minimum absolute atomic E-state index is 0.178. The van der Waals surface area contributed by atoms with Gasteiger partial charge in [0.15, 0.2) is 0 Å². The van der Waals surface area contributed by atoms with Gasteiger partial charge in [0, 0.05) is 49.2 Å². The lowest BCUT2D eigenvalue weighted by atomic mass is 9.76. The van der Waals surface area contributed by atoms with Crippen molar-refractivity contribution in [1.82, 2.24) is 14.7 Å². The molecule has 0 aromatic heterocycles. The fourth-order valence-corrected chi connectivity index (χ4v) is 3.89. The summed E-state index contributed by atoms with van der Waals surface area (Å²) in [5, 5.41) is 0. The molecule has 4 saturated heterocycles. The van der Waals surface area contributed by atoms with Gasteiger partial charge in [-0.2, -0.15) is 0 Å². The smallest absolute Gasteiger partial charge is 0.0507 e. The first-order chi connectivity index (χ1) is 10.7. The topological polar surface area (TPSA) is 9.72 Å². The van der Waals surface area contributed by atoms with Crippen molar-refractivity contribution in [3.05, 3.63) is 0 Å². The summed E-state index contributed by atoms with van der Waals surface area (Å²) in [4.78, 5) is 6.25. The molecule has 4 fully saturated rings. The number of rotatable bonds is 2. The minimum atomic E-state index is -1.59. The fourth-order valence-electron chi connectivity index (χ4n) is 3.89. The first kappa shape index (κ1) is 10.6. The van der Waals surface area contributed by atoms with Crippen LogP contribution in [0.2, 0.25) is 0 Å². The monoisotopic (exact) mass is 283 g/mol. The average molecular weight is 283 g/mol. The van der Waals surface area contributed by atoms with Crippen LogP contribution in [0.5, 0.6) is 0 Å². The normalized spacial score (nSPS) is 41.9. The van der Waals surface area contributed by atoms with Crippen LogP contribution in [-0.2, 0) is 0 Å². The molecule has 4 aliphatic heterocycles.